The fraction of sp³-hybridized carbons (Fsp3) is 0.409. The Balaban J connectivity index is 1.31. The van der Waals surface area contributed by atoms with Crippen LogP contribution in [-0.2, 0) is 13.1 Å². The third kappa shape index (κ3) is 3.35. The summed E-state index contributed by atoms with van der Waals surface area (Å²) in [5, 5.41) is 19.4. The molecule has 29 heavy (non-hydrogen) atoms. The van der Waals surface area contributed by atoms with Crippen LogP contribution in [0, 0.1) is 19.8 Å². The van der Waals surface area contributed by atoms with Gasteiger partial charge in [0.15, 0.2) is 0 Å². The van der Waals surface area contributed by atoms with Crippen molar-refractivity contribution >= 4 is 5.91 Å². The molecule has 7 heteroatoms. The van der Waals surface area contributed by atoms with Crippen LogP contribution >= 0.6 is 0 Å². The summed E-state index contributed by atoms with van der Waals surface area (Å²) in [5.41, 5.74) is 5.38. The molecule has 0 bridgehead atoms. The molecule has 1 aliphatic carbocycles. The van der Waals surface area contributed by atoms with Crippen molar-refractivity contribution in [1.29, 1.82) is 0 Å². The minimum Gasteiger partial charge on any atom is -0.386 e. The molecular formula is C22H25N5O2. The number of rotatable bonds is 4. The minimum atomic E-state index is -0.473. The van der Waals surface area contributed by atoms with E-state index in [2.05, 4.69) is 10.2 Å². The number of benzene rings is 1. The van der Waals surface area contributed by atoms with Gasteiger partial charge >= 0.3 is 0 Å². The second-order valence-corrected chi connectivity index (χ2v) is 8.18. The normalized spacial score (nSPS) is 17.3. The summed E-state index contributed by atoms with van der Waals surface area (Å²) >= 11 is 0. The van der Waals surface area contributed by atoms with E-state index in [1.807, 2.05) is 64.5 Å². The van der Waals surface area contributed by atoms with E-state index in [-0.39, 0.29) is 5.91 Å². The fourth-order valence-electron chi connectivity index (χ4n) is 4.08. The number of hydrogen-bond donors (Lipinski definition) is 1. The van der Waals surface area contributed by atoms with Crippen molar-refractivity contribution in [3.8, 4) is 5.69 Å². The van der Waals surface area contributed by atoms with Crippen LogP contribution < -0.4 is 0 Å². The van der Waals surface area contributed by atoms with Gasteiger partial charge in [-0.1, -0.05) is 0 Å². The first kappa shape index (κ1) is 18.1. The number of aryl methyl sites for hydroxylation is 2. The molecule has 1 aromatic carbocycles. The van der Waals surface area contributed by atoms with Crippen molar-refractivity contribution in [1.82, 2.24) is 24.5 Å². The lowest BCUT2D eigenvalue weighted by Gasteiger charge is -2.27. The molecule has 1 fully saturated rings. The van der Waals surface area contributed by atoms with Crippen LogP contribution in [0.25, 0.3) is 5.69 Å². The number of aliphatic hydroxyl groups is 1. The molecule has 3 heterocycles. The van der Waals surface area contributed by atoms with E-state index in [0.717, 1.165) is 41.3 Å². The van der Waals surface area contributed by atoms with Crippen molar-refractivity contribution in [2.75, 3.05) is 6.54 Å². The van der Waals surface area contributed by atoms with E-state index >= 15 is 0 Å². The maximum Gasteiger partial charge on any atom is 0.254 e. The minimum absolute atomic E-state index is 0.0154. The van der Waals surface area contributed by atoms with Gasteiger partial charge in [0, 0.05) is 17.8 Å². The molecule has 0 spiro atoms. The van der Waals surface area contributed by atoms with Gasteiger partial charge in [0.25, 0.3) is 5.91 Å². The standard InChI is InChI=1S/C22H25N5O2/c1-14-11-15(2)27(23-14)18-7-5-17(6-8-18)22(29)25-9-10-26-19(13-25)12-20(24-26)21(28)16-3-4-16/h5-8,11-12,16,21,28H,3-4,9-10,13H2,1-2H3/t21-/m0/s1. The number of nitrogens with zero attached hydrogens (tertiary/aromatic N) is 5. The van der Waals surface area contributed by atoms with E-state index in [1.165, 1.54) is 0 Å². The van der Waals surface area contributed by atoms with Crippen molar-refractivity contribution in [2.24, 2.45) is 5.92 Å². The van der Waals surface area contributed by atoms with Crippen LogP contribution in [0.3, 0.4) is 0 Å². The van der Waals surface area contributed by atoms with E-state index in [0.29, 0.717) is 31.1 Å². The number of carbonyl (C=O) groups excluding carboxylic acids is 1. The molecule has 1 aliphatic heterocycles. The Morgan fingerprint density at radius 3 is 2.52 bits per heavy atom. The summed E-state index contributed by atoms with van der Waals surface area (Å²) in [6, 6.07) is 11.6. The topological polar surface area (TPSA) is 76.2 Å². The summed E-state index contributed by atoms with van der Waals surface area (Å²) in [6.45, 7) is 5.78. The Hall–Kier alpha value is -2.93. The molecule has 3 aromatic rings. The van der Waals surface area contributed by atoms with Gasteiger partial charge in [-0.3, -0.25) is 9.48 Å². The highest BCUT2D eigenvalue weighted by Crippen LogP contribution is 2.40. The first-order valence-corrected chi connectivity index (χ1v) is 10.2. The van der Waals surface area contributed by atoms with E-state index < -0.39 is 6.10 Å². The third-order valence-corrected chi connectivity index (χ3v) is 5.84. The van der Waals surface area contributed by atoms with Gasteiger partial charge < -0.3 is 10.0 Å². The monoisotopic (exact) mass is 391 g/mol. The summed E-state index contributed by atoms with van der Waals surface area (Å²) in [4.78, 5) is 14.9. The molecule has 1 saturated carbocycles. The molecule has 1 N–H and O–H groups in total. The highest BCUT2D eigenvalue weighted by molar-refractivity contribution is 5.94. The zero-order valence-electron chi connectivity index (χ0n) is 16.7. The maximum atomic E-state index is 13.0. The Morgan fingerprint density at radius 1 is 1.10 bits per heavy atom. The predicted octanol–water partition coefficient (Wildman–Crippen LogP) is 2.79. The van der Waals surface area contributed by atoms with Gasteiger partial charge in [0.2, 0.25) is 0 Å². The highest BCUT2D eigenvalue weighted by Gasteiger charge is 2.33. The van der Waals surface area contributed by atoms with Crippen LogP contribution in [0.4, 0.5) is 0 Å². The van der Waals surface area contributed by atoms with Crippen LogP contribution in [0.5, 0.6) is 0 Å². The molecule has 7 nitrogen and oxygen atoms in total. The first-order chi connectivity index (χ1) is 14.0. The smallest absolute Gasteiger partial charge is 0.254 e. The van der Waals surface area contributed by atoms with Gasteiger partial charge in [-0.2, -0.15) is 10.2 Å². The molecule has 2 aliphatic rings. The molecular weight excluding hydrogens is 366 g/mol. The SMILES string of the molecule is Cc1cc(C)n(-c2ccc(C(=O)N3CCn4nc([C@@H](O)C5CC5)cc4C3)cc2)n1. The molecule has 1 amide bonds. The molecule has 0 unspecified atom stereocenters. The van der Waals surface area contributed by atoms with Crippen molar-refractivity contribution < 1.29 is 9.90 Å². The quantitative estimate of drug-likeness (QED) is 0.742. The maximum absolute atomic E-state index is 13.0. The van der Waals surface area contributed by atoms with Gasteiger partial charge in [-0.15, -0.1) is 0 Å². The Labute approximate surface area is 169 Å². The molecule has 0 saturated heterocycles. The number of carbonyl (C=O) groups is 1. The largest absolute Gasteiger partial charge is 0.386 e. The van der Waals surface area contributed by atoms with Crippen LogP contribution in [-0.4, -0.2) is 42.0 Å². The Morgan fingerprint density at radius 2 is 1.86 bits per heavy atom. The summed E-state index contributed by atoms with van der Waals surface area (Å²) in [5.74, 6) is 0.368. The lowest BCUT2D eigenvalue weighted by Crippen LogP contribution is -2.38. The van der Waals surface area contributed by atoms with Gasteiger partial charge in [0.1, 0.15) is 6.10 Å². The van der Waals surface area contributed by atoms with Gasteiger partial charge in [-0.25, -0.2) is 4.68 Å². The first-order valence-electron chi connectivity index (χ1n) is 10.2. The number of amides is 1. The van der Waals surface area contributed by atoms with E-state index in [4.69, 9.17) is 0 Å². The van der Waals surface area contributed by atoms with Crippen molar-refractivity contribution in [3.05, 3.63) is 64.7 Å². The average Bonchev–Trinajstić information content (AvgIpc) is 3.40. The van der Waals surface area contributed by atoms with Crippen LogP contribution in [0.2, 0.25) is 0 Å². The van der Waals surface area contributed by atoms with Gasteiger partial charge in [0.05, 0.1) is 35.9 Å². The van der Waals surface area contributed by atoms with Crippen LogP contribution in [0.15, 0.2) is 36.4 Å². The predicted molar refractivity (Wildman–Crippen MR) is 108 cm³/mol. The van der Waals surface area contributed by atoms with Crippen LogP contribution in [0.1, 0.15) is 52.1 Å². The third-order valence-electron chi connectivity index (χ3n) is 5.84. The lowest BCUT2D eigenvalue weighted by atomic mass is 10.1. The second kappa shape index (κ2) is 6.84. The summed E-state index contributed by atoms with van der Waals surface area (Å²) in [7, 11) is 0. The van der Waals surface area contributed by atoms with Crippen molar-refractivity contribution in [3.63, 3.8) is 0 Å². The average molecular weight is 391 g/mol. The molecule has 2 aromatic heterocycles. The number of aliphatic hydroxyl groups excluding tert-OH is 1. The number of hydrogen-bond acceptors (Lipinski definition) is 4. The molecule has 0 radical (unpaired) electrons. The number of fused-ring (bicyclic) bond motifs is 1. The van der Waals surface area contributed by atoms with E-state index in [9.17, 15) is 9.90 Å². The number of aromatic nitrogens is 4. The second-order valence-electron chi connectivity index (χ2n) is 8.18. The van der Waals surface area contributed by atoms with Gasteiger partial charge in [-0.05, 0) is 69.0 Å². The fourth-order valence-corrected chi connectivity index (χ4v) is 4.08. The molecule has 1 atom stereocenters. The Kier molecular flexibility index (Phi) is 4.28. The summed E-state index contributed by atoms with van der Waals surface area (Å²) in [6.07, 6.45) is 1.67. The lowest BCUT2D eigenvalue weighted by molar-refractivity contribution is 0.0705. The molecule has 150 valence electrons. The highest BCUT2D eigenvalue weighted by atomic mass is 16.3. The zero-order chi connectivity index (χ0) is 20.1. The van der Waals surface area contributed by atoms with Crippen molar-refractivity contribution in [2.45, 2.75) is 45.9 Å². The molecule has 5 rings (SSSR count). The summed E-state index contributed by atoms with van der Waals surface area (Å²) < 4.78 is 3.81. The zero-order valence-corrected chi connectivity index (χ0v) is 16.7. The van der Waals surface area contributed by atoms with E-state index in [1.54, 1.807) is 0 Å². The Bertz CT molecular complexity index is 1060.